The molecule has 1 unspecified atom stereocenters. The van der Waals surface area contributed by atoms with E-state index in [1.165, 1.54) is 10.4 Å². The average Bonchev–Trinajstić information content (AvgIpc) is 3.05. The van der Waals surface area contributed by atoms with Crippen LogP contribution in [-0.2, 0) is 17.8 Å². The summed E-state index contributed by atoms with van der Waals surface area (Å²) in [5, 5.41) is 6.00. The van der Waals surface area contributed by atoms with Gasteiger partial charge in [-0.2, -0.15) is 0 Å². The van der Waals surface area contributed by atoms with Crippen LogP contribution >= 0.6 is 34.5 Å². The molecule has 0 saturated heterocycles. The first-order valence-corrected chi connectivity index (χ1v) is 9.83. The van der Waals surface area contributed by atoms with E-state index in [0.717, 1.165) is 26.1 Å². The first-order valence-electron chi connectivity index (χ1n) is 8.20. The molecule has 1 aromatic carbocycles. The molecule has 0 bridgehead atoms. The molecule has 0 fully saturated rings. The lowest BCUT2D eigenvalue weighted by molar-refractivity contribution is -0.127. The van der Waals surface area contributed by atoms with E-state index in [0.29, 0.717) is 22.3 Å². The number of fused-ring (bicyclic) bond motifs is 1. The van der Waals surface area contributed by atoms with E-state index in [-0.39, 0.29) is 5.91 Å². The van der Waals surface area contributed by atoms with Crippen molar-refractivity contribution in [1.29, 1.82) is 0 Å². The molecule has 0 spiro atoms. The quantitative estimate of drug-likeness (QED) is 0.799. The van der Waals surface area contributed by atoms with Gasteiger partial charge in [0.15, 0.2) is 6.10 Å². The highest BCUT2D eigenvalue weighted by atomic mass is 35.5. The largest absolute Gasteiger partial charge is 0.479 e. The van der Waals surface area contributed by atoms with E-state index >= 15 is 0 Å². The lowest BCUT2D eigenvalue weighted by Gasteiger charge is -2.27. The van der Waals surface area contributed by atoms with Crippen molar-refractivity contribution < 1.29 is 9.53 Å². The maximum absolute atomic E-state index is 12.2. The molecular formula is C18H20Cl2N2O2S. The Labute approximate surface area is 161 Å². The monoisotopic (exact) mass is 398 g/mol. The highest BCUT2D eigenvalue weighted by molar-refractivity contribution is 7.10. The van der Waals surface area contributed by atoms with Crippen molar-refractivity contribution >= 4 is 40.4 Å². The van der Waals surface area contributed by atoms with E-state index in [4.69, 9.17) is 27.9 Å². The fraction of sp³-hybridized carbons (Fsp3) is 0.389. The number of carbonyl (C=O) groups is 1. The number of hydrogen-bond donors (Lipinski definition) is 1. The second-order valence-electron chi connectivity index (χ2n) is 6.02. The highest BCUT2D eigenvalue weighted by Gasteiger charge is 2.19. The third-order valence-corrected chi connectivity index (χ3v) is 5.73. The molecule has 0 aliphatic carbocycles. The van der Waals surface area contributed by atoms with Gasteiger partial charge in [0.25, 0.3) is 5.91 Å². The number of nitrogens with one attached hydrogen (secondary N) is 1. The zero-order chi connectivity index (χ0) is 17.8. The van der Waals surface area contributed by atoms with Crippen LogP contribution in [0.3, 0.4) is 0 Å². The van der Waals surface area contributed by atoms with E-state index in [1.807, 2.05) is 11.3 Å². The number of carbonyl (C=O) groups excluding carboxylic acids is 1. The number of benzene rings is 1. The van der Waals surface area contributed by atoms with Gasteiger partial charge in [-0.3, -0.25) is 9.69 Å². The van der Waals surface area contributed by atoms with Gasteiger partial charge in [0.05, 0.1) is 5.02 Å². The van der Waals surface area contributed by atoms with Crippen LogP contribution < -0.4 is 10.1 Å². The Morgan fingerprint density at radius 1 is 1.40 bits per heavy atom. The zero-order valence-electron chi connectivity index (χ0n) is 13.9. The minimum Gasteiger partial charge on any atom is -0.479 e. The van der Waals surface area contributed by atoms with Gasteiger partial charge in [-0.25, -0.2) is 0 Å². The topological polar surface area (TPSA) is 41.6 Å². The van der Waals surface area contributed by atoms with Crippen LogP contribution in [-0.4, -0.2) is 36.5 Å². The SMILES string of the molecule is CC(Oc1ccc(Cl)cc1Cl)C(=O)NCCN1CCc2sccc2C1. The number of halogens is 2. The minimum absolute atomic E-state index is 0.153. The summed E-state index contributed by atoms with van der Waals surface area (Å²) >= 11 is 13.8. The van der Waals surface area contributed by atoms with Gasteiger partial charge in [0.2, 0.25) is 0 Å². The molecule has 134 valence electrons. The summed E-state index contributed by atoms with van der Waals surface area (Å²) in [5.74, 6) is 0.300. The summed E-state index contributed by atoms with van der Waals surface area (Å²) < 4.78 is 5.63. The maximum atomic E-state index is 12.2. The normalized spacial score (nSPS) is 15.5. The second-order valence-corrected chi connectivity index (χ2v) is 7.87. The molecule has 4 nitrogen and oxygen atoms in total. The summed E-state index contributed by atoms with van der Waals surface area (Å²) in [6.45, 7) is 5.13. The maximum Gasteiger partial charge on any atom is 0.260 e. The Kier molecular flexibility index (Phi) is 6.23. The summed E-state index contributed by atoms with van der Waals surface area (Å²) in [5.41, 5.74) is 1.41. The molecule has 1 atom stereocenters. The zero-order valence-corrected chi connectivity index (χ0v) is 16.3. The van der Waals surface area contributed by atoms with Crippen LogP contribution in [0.15, 0.2) is 29.6 Å². The number of nitrogens with zero attached hydrogens (tertiary/aromatic N) is 1. The molecule has 1 amide bonds. The number of rotatable bonds is 6. The van der Waals surface area contributed by atoms with Crippen molar-refractivity contribution in [1.82, 2.24) is 10.2 Å². The van der Waals surface area contributed by atoms with Crippen LogP contribution in [0.4, 0.5) is 0 Å². The van der Waals surface area contributed by atoms with Gasteiger partial charge in [-0.1, -0.05) is 23.2 Å². The average molecular weight is 399 g/mol. The van der Waals surface area contributed by atoms with Crippen molar-refractivity contribution in [3.05, 3.63) is 50.1 Å². The molecule has 2 heterocycles. The van der Waals surface area contributed by atoms with Gasteiger partial charge < -0.3 is 10.1 Å². The van der Waals surface area contributed by atoms with Gasteiger partial charge in [0.1, 0.15) is 5.75 Å². The standard InChI is InChI=1S/C18H20Cl2N2O2S/c1-12(24-16-3-2-14(19)10-15(16)20)18(23)21-6-8-22-7-4-17-13(11-22)5-9-25-17/h2-3,5,9-10,12H,4,6-8,11H2,1H3,(H,21,23). The molecule has 0 saturated carbocycles. The Balaban J connectivity index is 1.43. The first-order chi connectivity index (χ1) is 12.0. The predicted octanol–water partition coefficient (Wildman–Crippen LogP) is 4.00. The summed E-state index contributed by atoms with van der Waals surface area (Å²) in [7, 11) is 0. The first kappa shape index (κ1) is 18.5. The van der Waals surface area contributed by atoms with Crippen LogP contribution in [0.25, 0.3) is 0 Å². The third kappa shape index (κ3) is 4.88. The Morgan fingerprint density at radius 3 is 3.04 bits per heavy atom. The molecule has 1 aliphatic rings. The van der Waals surface area contributed by atoms with Crippen LogP contribution in [0.1, 0.15) is 17.4 Å². The molecule has 3 rings (SSSR count). The lowest BCUT2D eigenvalue weighted by Crippen LogP contribution is -2.41. The molecule has 2 aromatic rings. The fourth-order valence-electron chi connectivity index (χ4n) is 2.79. The second kappa shape index (κ2) is 8.41. The van der Waals surface area contributed by atoms with E-state index in [1.54, 1.807) is 25.1 Å². The Morgan fingerprint density at radius 2 is 2.24 bits per heavy atom. The number of hydrogen-bond acceptors (Lipinski definition) is 4. The van der Waals surface area contributed by atoms with Crippen molar-refractivity contribution in [3.63, 3.8) is 0 Å². The summed E-state index contributed by atoms with van der Waals surface area (Å²) in [6, 6.07) is 7.14. The minimum atomic E-state index is -0.622. The van der Waals surface area contributed by atoms with Crippen molar-refractivity contribution in [2.45, 2.75) is 26.0 Å². The van der Waals surface area contributed by atoms with Crippen LogP contribution in [0.5, 0.6) is 5.75 Å². The summed E-state index contributed by atoms with van der Waals surface area (Å²) in [4.78, 5) is 16.0. The molecule has 1 aliphatic heterocycles. The van der Waals surface area contributed by atoms with Crippen LogP contribution in [0, 0.1) is 0 Å². The molecular weight excluding hydrogens is 379 g/mol. The van der Waals surface area contributed by atoms with Gasteiger partial charge in [-0.15, -0.1) is 11.3 Å². The predicted molar refractivity (Wildman–Crippen MR) is 103 cm³/mol. The number of amides is 1. The number of ether oxygens (including phenoxy) is 1. The molecule has 7 heteroatoms. The van der Waals surface area contributed by atoms with Crippen LogP contribution in [0.2, 0.25) is 10.0 Å². The lowest BCUT2D eigenvalue weighted by atomic mass is 10.1. The molecule has 1 aromatic heterocycles. The Bertz CT molecular complexity index is 750. The van der Waals surface area contributed by atoms with Gasteiger partial charge in [-0.05, 0) is 48.6 Å². The van der Waals surface area contributed by atoms with Gasteiger partial charge >= 0.3 is 0 Å². The van der Waals surface area contributed by atoms with Gasteiger partial charge in [0, 0.05) is 36.1 Å². The van der Waals surface area contributed by atoms with Crippen molar-refractivity contribution in [2.75, 3.05) is 19.6 Å². The smallest absolute Gasteiger partial charge is 0.260 e. The Hall–Kier alpha value is -1.27. The number of thiophene rings is 1. The summed E-state index contributed by atoms with van der Waals surface area (Å²) in [6.07, 6.45) is 0.471. The third-order valence-electron chi connectivity index (χ3n) is 4.18. The molecule has 1 N–H and O–H groups in total. The highest BCUT2D eigenvalue weighted by Crippen LogP contribution is 2.28. The van der Waals surface area contributed by atoms with Crippen molar-refractivity contribution in [3.8, 4) is 5.75 Å². The van der Waals surface area contributed by atoms with E-state index < -0.39 is 6.10 Å². The molecule has 25 heavy (non-hydrogen) atoms. The van der Waals surface area contributed by atoms with E-state index in [2.05, 4.69) is 21.7 Å². The fourth-order valence-corrected chi connectivity index (χ4v) is 4.14. The molecule has 0 radical (unpaired) electrons. The van der Waals surface area contributed by atoms with Crippen molar-refractivity contribution in [2.24, 2.45) is 0 Å². The van der Waals surface area contributed by atoms with E-state index in [9.17, 15) is 4.79 Å².